The Labute approximate surface area is 218 Å². The molecule has 0 radical (unpaired) electrons. The fourth-order valence-corrected chi connectivity index (χ4v) is 3.85. The second kappa shape index (κ2) is 11.5. The van der Waals surface area contributed by atoms with E-state index in [4.69, 9.17) is 35.3 Å². The van der Waals surface area contributed by atoms with Gasteiger partial charge in [-0.3, -0.25) is 10.1 Å². The Morgan fingerprint density at radius 1 is 0.973 bits per heavy atom. The quantitative estimate of drug-likeness (QED) is 0.234. The number of nitro benzene ring substituents is 1. The zero-order valence-corrected chi connectivity index (χ0v) is 21.7. The van der Waals surface area contributed by atoms with Gasteiger partial charge in [-0.25, -0.2) is 9.59 Å². The minimum Gasteiger partial charge on any atom is -0.467 e. The van der Waals surface area contributed by atoms with Crippen LogP contribution in [0.4, 0.5) is 5.69 Å². The molecule has 2 saturated heterocycles. The Kier molecular flexibility index (Phi) is 8.88. The number of esters is 2. The normalized spacial score (nSPS) is 23.5. The van der Waals surface area contributed by atoms with Crippen molar-refractivity contribution >= 4 is 29.2 Å². The molecule has 4 rings (SSSR count). The molecule has 0 amide bonds. The van der Waals surface area contributed by atoms with Crippen molar-refractivity contribution in [2.45, 2.75) is 57.6 Å². The summed E-state index contributed by atoms with van der Waals surface area (Å²) in [5.41, 5.74) is 0.172. The third kappa shape index (κ3) is 7.24. The second-order valence-corrected chi connectivity index (χ2v) is 9.39. The van der Waals surface area contributed by atoms with Crippen molar-refractivity contribution < 1.29 is 42.9 Å². The van der Waals surface area contributed by atoms with Gasteiger partial charge in [0.25, 0.3) is 5.69 Å². The van der Waals surface area contributed by atoms with Gasteiger partial charge in [0.1, 0.15) is 11.9 Å². The minimum absolute atomic E-state index is 0.118. The van der Waals surface area contributed by atoms with Crippen molar-refractivity contribution in [3.05, 3.63) is 69.2 Å². The smallest absolute Gasteiger partial charge is 0.343 e. The van der Waals surface area contributed by atoms with Gasteiger partial charge in [-0.05, 0) is 45.9 Å². The molecule has 0 bridgehead atoms. The van der Waals surface area contributed by atoms with Crippen LogP contribution < -0.4 is 4.74 Å². The summed E-state index contributed by atoms with van der Waals surface area (Å²) in [5, 5.41) is 11.5. The SMILES string of the molecule is CC1(C)OCC(C(=O)Oc2ccccc2Cl)O1.COC(=O)[C@H]1OC(C)(C)O[C@@H]1c1ccccc1[N+](=O)[O-]. The highest BCUT2D eigenvalue weighted by Crippen LogP contribution is 2.41. The monoisotopic (exact) mass is 537 g/mol. The maximum absolute atomic E-state index is 11.8. The highest BCUT2D eigenvalue weighted by Gasteiger charge is 2.48. The second-order valence-electron chi connectivity index (χ2n) is 8.98. The Balaban J connectivity index is 0.000000208. The molecule has 2 aliphatic heterocycles. The van der Waals surface area contributed by atoms with Crippen LogP contribution in [0.15, 0.2) is 48.5 Å². The number of para-hydroxylation sites is 2. The molecule has 2 fully saturated rings. The number of nitrogens with zero attached hydrogens (tertiary/aromatic N) is 1. The average molecular weight is 538 g/mol. The first-order valence-electron chi connectivity index (χ1n) is 11.3. The summed E-state index contributed by atoms with van der Waals surface area (Å²) < 4.78 is 31.6. The number of benzene rings is 2. The Bertz CT molecular complexity index is 1150. The molecule has 0 aliphatic carbocycles. The number of methoxy groups -OCH3 is 1. The molecule has 0 N–H and O–H groups in total. The fraction of sp³-hybridized carbons (Fsp3) is 0.440. The molecule has 2 aliphatic rings. The molecule has 2 heterocycles. The summed E-state index contributed by atoms with van der Waals surface area (Å²) in [5.74, 6) is -2.56. The van der Waals surface area contributed by atoms with Crippen molar-refractivity contribution in [1.29, 1.82) is 0 Å². The highest BCUT2D eigenvalue weighted by molar-refractivity contribution is 6.32. The van der Waals surface area contributed by atoms with Crippen LogP contribution in [0.3, 0.4) is 0 Å². The van der Waals surface area contributed by atoms with Crippen LogP contribution >= 0.6 is 11.6 Å². The number of hydrogen-bond acceptors (Lipinski definition) is 10. The number of rotatable bonds is 5. The number of halogens is 1. The van der Waals surface area contributed by atoms with E-state index in [0.29, 0.717) is 16.3 Å². The molecule has 12 heteroatoms. The summed E-state index contributed by atoms with van der Waals surface area (Å²) in [4.78, 5) is 34.1. The van der Waals surface area contributed by atoms with Crippen LogP contribution in [0.2, 0.25) is 5.02 Å². The first kappa shape index (κ1) is 28.5. The van der Waals surface area contributed by atoms with Crippen LogP contribution in [0, 0.1) is 10.1 Å². The van der Waals surface area contributed by atoms with Gasteiger partial charge in [0.05, 0.1) is 29.2 Å². The number of nitro groups is 1. The average Bonchev–Trinajstić information content (AvgIpc) is 3.38. The van der Waals surface area contributed by atoms with Gasteiger partial charge in [0.2, 0.25) is 0 Å². The molecule has 0 aromatic heterocycles. The molecular formula is C25H28ClNO10. The molecule has 11 nitrogen and oxygen atoms in total. The number of ether oxygens (including phenoxy) is 6. The molecule has 1 unspecified atom stereocenters. The number of carbonyl (C=O) groups excluding carboxylic acids is 2. The summed E-state index contributed by atoms with van der Waals surface area (Å²) >= 11 is 5.88. The minimum atomic E-state index is -1.03. The lowest BCUT2D eigenvalue weighted by Gasteiger charge is -2.16. The fourth-order valence-electron chi connectivity index (χ4n) is 3.68. The standard InChI is InChI=1S/C13H15NO6.C12H13ClO4/c1-13(2)19-10(11(20-13)12(15)18-3)8-6-4-5-7-9(8)14(16)17;1-12(2)15-7-10(17-12)11(14)16-9-6-4-3-5-8(9)13/h4-7,10-11H,1-3H3;3-6,10H,7H2,1-2H3/t10-,11+;/m1./s1. The van der Waals surface area contributed by atoms with Crippen molar-refractivity contribution in [3.63, 3.8) is 0 Å². The topological polar surface area (TPSA) is 133 Å². The zero-order chi connectivity index (χ0) is 27.4. The molecule has 0 spiro atoms. The van der Waals surface area contributed by atoms with E-state index in [1.165, 1.54) is 13.2 Å². The molecule has 37 heavy (non-hydrogen) atoms. The van der Waals surface area contributed by atoms with E-state index in [1.54, 1.807) is 70.2 Å². The molecule has 200 valence electrons. The Morgan fingerprint density at radius 3 is 2.22 bits per heavy atom. The van der Waals surface area contributed by atoms with Gasteiger partial charge in [0, 0.05) is 6.07 Å². The molecule has 2 aromatic rings. The maximum Gasteiger partial charge on any atom is 0.343 e. The van der Waals surface area contributed by atoms with Gasteiger partial charge >= 0.3 is 11.9 Å². The first-order valence-corrected chi connectivity index (χ1v) is 11.7. The first-order chi connectivity index (χ1) is 17.3. The van der Waals surface area contributed by atoms with Crippen LogP contribution in [0.1, 0.15) is 39.4 Å². The number of hydrogen-bond donors (Lipinski definition) is 0. The van der Waals surface area contributed by atoms with Gasteiger partial charge in [0.15, 0.2) is 23.8 Å². The van der Waals surface area contributed by atoms with Crippen molar-refractivity contribution in [2.24, 2.45) is 0 Å². The van der Waals surface area contributed by atoms with Gasteiger partial charge < -0.3 is 28.4 Å². The largest absolute Gasteiger partial charge is 0.467 e. The zero-order valence-electron chi connectivity index (χ0n) is 21.0. The molecule has 2 aromatic carbocycles. The van der Waals surface area contributed by atoms with E-state index in [0.717, 1.165) is 0 Å². The van der Waals surface area contributed by atoms with Crippen molar-refractivity contribution in [1.82, 2.24) is 0 Å². The predicted octanol–water partition coefficient (Wildman–Crippen LogP) is 4.36. The highest BCUT2D eigenvalue weighted by atomic mass is 35.5. The van der Waals surface area contributed by atoms with Crippen LogP contribution in [0.25, 0.3) is 0 Å². The summed E-state index contributed by atoms with van der Waals surface area (Å²) in [6.45, 7) is 6.96. The van der Waals surface area contributed by atoms with E-state index in [2.05, 4.69) is 4.74 Å². The summed E-state index contributed by atoms with van der Waals surface area (Å²) in [6.07, 6.45) is -2.61. The van der Waals surface area contributed by atoms with E-state index < -0.39 is 46.7 Å². The molecular weight excluding hydrogens is 510 g/mol. The Hall–Kier alpha value is -3.09. The lowest BCUT2D eigenvalue weighted by molar-refractivity contribution is -0.386. The van der Waals surface area contributed by atoms with Crippen molar-refractivity contribution in [3.8, 4) is 5.75 Å². The van der Waals surface area contributed by atoms with Crippen molar-refractivity contribution in [2.75, 3.05) is 13.7 Å². The van der Waals surface area contributed by atoms with E-state index in [-0.39, 0.29) is 12.3 Å². The van der Waals surface area contributed by atoms with Gasteiger partial charge in [-0.1, -0.05) is 35.9 Å². The lowest BCUT2D eigenvalue weighted by atomic mass is 10.0. The molecule has 0 saturated carbocycles. The van der Waals surface area contributed by atoms with E-state index >= 15 is 0 Å². The van der Waals surface area contributed by atoms with Crippen LogP contribution in [-0.4, -0.2) is 54.4 Å². The number of carbonyl (C=O) groups is 2. The van der Waals surface area contributed by atoms with Crippen LogP contribution in [0.5, 0.6) is 5.75 Å². The van der Waals surface area contributed by atoms with E-state index in [9.17, 15) is 19.7 Å². The summed E-state index contributed by atoms with van der Waals surface area (Å²) in [7, 11) is 1.23. The Morgan fingerprint density at radius 2 is 1.62 bits per heavy atom. The third-order valence-electron chi connectivity index (χ3n) is 5.29. The van der Waals surface area contributed by atoms with Crippen LogP contribution in [-0.2, 0) is 33.3 Å². The van der Waals surface area contributed by atoms with Gasteiger partial charge in [-0.2, -0.15) is 0 Å². The van der Waals surface area contributed by atoms with E-state index in [1.807, 2.05) is 0 Å². The lowest BCUT2D eigenvalue weighted by Crippen LogP contribution is -2.30. The molecule has 3 atom stereocenters. The summed E-state index contributed by atoms with van der Waals surface area (Å²) in [6, 6.07) is 12.9. The maximum atomic E-state index is 11.8. The predicted molar refractivity (Wildman–Crippen MR) is 130 cm³/mol. The van der Waals surface area contributed by atoms with Gasteiger partial charge in [-0.15, -0.1) is 0 Å². The third-order valence-corrected chi connectivity index (χ3v) is 5.60.